The zero-order chi connectivity index (χ0) is 14.5. The van der Waals surface area contributed by atoms with Crippen LogP contribution in [0.4, 0.5) is 0 Å². The summed E-state index contributed by atoms with van der Waals surface area (Å²) in [5.74, 6) is 0.00709. The third kappa shape index (κ3) is 3.38. The second-order valence-corrected chi connectivity index (χ2v) is 5.51. The third-order valence-corrected chi connectivity index (χ3v) is 3.91. The molecule has 4 nitrogen and oxygen atoms in total. The van der Waals surface area contributed by atoms with Crippen LogP contribution < -0.4 is 5.73 Å². The van der Waals surface area contributed by atoms with Gasteiger partial charge >= 0.3 is 0 Å². The van der Waals surface area contributed by atoms with Crippen molar-refractivity contribution in [2.75, 3.05) is 6.54 Å². The molecular formula is C16H22N2O2. The van der Waals surface area contributed by atoms with Crippen molar-refractivity contribution in [3.63, 3.8) is 0 Å². The normalized spacial score (nSPS) is 20.1. The molecule has 2 atom stereocenters. The molecule has 20 heavy (non-hydrogen) atoms. The Morgan fingerprint density at radius 1 is 1.40 bits per heavy atom. The van der Waals surface area contributed by atoms with Gasteiger partial charge in [0.25, 0.3) is 0 Å². The summed E-state index contributed by atoms with van der Waals surface area (Å²) < 4.78 is 0. The van der Waals surface area contributed by atoms with Crippen LogP contribution in [0.25, 0.3) is 0 Å². The maximum Gasteiger partial charge on any atom is 0.240 e. The van der Waals surface area contributed by atoms with Crippen LogP contribution in [0.3, 0.4) is 0 Å². The Labute approximate surface area is 119 Å². The third-order valence-electron chi connectivity index (χ3n) is 3.91. The van der Waals surface area contributed by atoms with Crippen LogP contribution in [0.2, 0.25) is 0 Å². The average Bonchev–Trinajstić information content (AvgIpc) is 2.78. The minimum Gasteiger partial charge on any atom is -0.368 e. The van der Waals surface area contributed by atoms with E-state index in [9.17, 15) is 9.59 Å². The predicted molar refractivity (Wildman–Crippen MR) is 77.9 cm³/mol. The summed E-state index contributed by atoms with van der Waals surface area (Å²) in [7, 11) is 0. The fraction of sp³-hybridized carbons (Fsp3) is 0.500. The second-order valence-electron chi connectivity index (χ2n) is 5.51. The fourth-order valence-corrected chi connectivity index (χ4v) is 2.91. The van der Waals surface area contributed by atoms with Gasteiger partial charge in [0.1, 0.15) is 6.04 Å². The molecule has 0 aromatic heterocycles. The largest absolute Gasteiger partial charge is 0.368 e. The quantitative estimate of drug-likeness (QED) is 0.858. The van der Waals surface area contributed by atoms with Crippen LogP contribution in [-0.4, -0.2) is 29.3 Å². The number of carbonyl (C=O) groups excluding carboxylic acids is 2. The van der Waals surface area contributed by atoms with Gasteiger partial charge in [0.2, 0.25) is 11.8 Å². The highest BCUT2D eigenvalue weighted by molar-refractivity contribution is 5.88. The van der Waals surface area contributed by atoms with E-state index in [1.165, 1.54) is 0 Å². The van der Waals surface area contributed by atoms with Gasteiger partial charge < -0.3 is 10.6 Å². The lowest BCUT2D eigenvalue weighted by atomic mass is 10.0. The van der Waals surface area contributed by atoms with Gasteiger partial charge in [-0.25, -0.2) is 0 Å². The van der Waals surface area contributed by atoms with Gasteiger partial charge in [0.15, 0.2) is 0 Å². The van der Waals surface area contributed by atoms with Crippen molar-refractivity contribution in [3.05, 3.63) is 35.9 Å². The highest BCUT2D eigenvalue weighted by Crippen LogP contribution is 2.25. The molecule has 2 unspecified atom stereocenters. The monoisotopic (exact) mass is 274 g/mol. The van der Waals surface area contributed by atoms with Crippen molar-refractivity contribution in [2.24, 2.45) is 11.7 Å². The van der Waals surface area contributed by atoms with Gasteiger partial charge in [-0.1, -0.05) is 43.7 Å². The number of hydrogen-bond acceptors (Lipinski definition) is 2. The van der Waals surface area contributed by atoms with Crippen molar-refractivity contribution in [2.45, 2.75) is 38.6 Å². The summed E-state index contributed by atoms with van der Waals surface area (Å²) in [6, 6.07) is 9.19. The number of amides is 2. The summed E-state index contributed by atoms with van der Waals surface area (Å²) in [6.07, 6.45) is 3.14. The summed E-state index contributed by atoms with van der Waals surface area (Å²) in [6.45, 7) is 2.77. The number of nitrogens with zero attached hydrogens (tertiary/aromatic N) is 1. The predicted octanol–water partition coefficient (Wildman–Crippen LogP) is 1.73. The highest BCUT2D eigenvalue weighted by atomic mass is 16.2. The molecule has 1 aliphatic heterocycles. The van der Waals surface area contributed by atoms with Crippen molar-refractivity contribution >= 4 is 11.8 Å². The number of carbonyl (C=O) groups is 2. The Hall–Kier alpha value is -1.84. The van der Waals surface area contributed by atoms with E-state index in [-0.39, 0.29) is 5.91 Å². The van der Waals surface area contributed by atoms with Crippen LogP contribution in [-0.2, 0) is 16.0 Å². The van der Waals surface area contributed by atoms with Crippen molar-refractivity contribution in [1.82, 2.24) is 4.90 Å². The molecule has 1 aliphatic rings. The van der Waals surface area contributed by atoms with Gasteiger partial charge in [0, 0.05) is 19.4 Å². The van der Waals surface area contributed by atoms with Gasteiger partial charge in [-0.05, 0) is 17.9 Å². The van der Waals surface area contributed by atoms with Crippen LogP contribution in [0.15, 0.2) is 30.3 Å². The Morgan fingerprint density at radius 3 is 2.70 bits per heavy atom. The Kier molecular flexibility index (Phi) is 4.77. The molecule has 1 aromatic rings. The molecular weight excluding hydrogens is 252 g/mol. The zero-order valence-electron chi connectivity index (χ0n) is 11.9. The smallest absolute Gasteiger partial charge is 0.240 e. The van der Waals surface area contributed by atoms with Crippen molar-refractivity contribution in [1.29, 1.82) is 0 Å². The Bertz CT molecular complexity index is 473. The Morgan fingerprint density at radius 2 is 2.10 bits per heavy atom. The average molecular weight is 274 g/mol. The summed E-state index contributed by atoms with van der Waals surface area (Å²) in [4.78, 5) is 25.5. The van der Waals surface area contributed by atoms with Crippen molar-refractivity contribution in [3.8, 4) is 0 Å². The maximum atomic E-state index is 12.1. The lowest BCUT2D eigenvalue weighted by Gasteiger charge is -2.25. The molecule has 108 valence electrons. The van der Waals surface area contributed by atoms with E-state index in [1.807, 2.05) is 30.3 Å². The topological polar surface area (TPSA) is 63.4 Å². The van der Waals surface area contributed by atoms with Crippen LogP contribution in [0.1, 0.15) is 31.7 Å². The van der Waals surface area contributed by atoms with Gasteiger partial charge in [-0.2, -0.15) is 0 Å². The van der Waals surface area contributed by atoms with E-state index >= 15 is 0 Å². The minimum absolute atomic E-state index is 0.0585. The molecule has 1 fully saturated rings. The van der Waals surface area contributed by atoms with E-state index in [4.69, 9.17) is 5.73 Å². The fourth-order valence-electron chi connectivity index (χ4n) is 2.91. The van der Waals surface area contributed by atoms with E-state index in [2.05, 4.69) is 6.92 Å². The van der Waals surface area contributed by atoms with Gasteiger partial charge in [0.05, 0.1) is 0 Å². The first-order valence-corrected chi connectivity index (χ1v) is 7.24. The van der Waals surface area contributed by atoms with Gasteiger partial charge in [-0.3, -0.25) is 9.59 Å². The second kappa shape index (κ2) is 6.55. The first-order chi connectivity index (χ1) is 9.61. The lowest BCUT2D eigenvalue weighted by molar-refractivity contribution is -0.136. The molecule has 0 spiro atoms. The van der Waals surface area contributed by atoms with Crippen LogP contribution >= 0.6 is 0 Å². The van der Waals surface area contributed by atoms with E-state index in [1.54, 1.807) is 4.90 Å². The van der Waals surface area contributed by atoms with Crippen LogP contribution in [0.5, 0.6) is 0 Å². The van der Waals surface area contributed by atoms with Crippen molar-refractivity contribution < 1.29 is 9.59 Å². The van der Waals surface area contributed by atoms with Gasteiger partial charge in [-0.15, -0.1) is 0 Å². The lowest BCUT2D eigenvalue weighted by Crippen LogP contribution is -2.47. The molecule has 2 N–H and O–H groups in total. The standard InChI is InChI=1S/C16H22N2O2/c1-2-6-13-10-15(19)18(11-13)14(16(17)20)9-12-7-4-3-5-8-12/h3-5,7-8,13-14H,2,6,9-11H2,1H3,(H2,17,20). The maximum absolute atomic E-state index is 12.1. The number of likely N-dealkylation sites (tertiary alicyclic amines) is 1. The molecule has 1 aromatic carbocycles. The summed E-state index contributed by atoms with van der Waals surface area (Å²) in [5.41, 5.74) is 6.54. The molecule has 2 amide bonds. The highest BCUT2D eigenvalue weighted by Gasteiger charge is 2.36. The van der Waals surface area contributed by atoms with E-state index in [0.29, 0.717) is 25.3 Å². The van der Waals surface area contributed by atoms with E-state index in [0.717, 1.165) is 18.4 Å². The molecule has 0 bridgehead atoms. The number of rotatable bonds is 6. The molecule has 2 rings (SSSR count). The zero-order valence-corrected chi connectivity index (χ0v) is 11.9. The SMILES string of the molecule is CCCC1CC(=O)N(C(Cc2ccccc2)C(N)=O)C1. The number of nitrogens with two attached hydrogens (primary N) is 1. The molecule has 1 heterocycles. The molecule has 0 saturated carbocycles. The molecule has 4 heteroatoms. The molecule has 0 radical (unpaired) electrons. The minimum atomic E-state index is -0.522. The molecule has 1 saturated heterocycles. The number of benzene rings is 1. The van der Waals surface area contributed by atoms with Crippen LogP contribution in [0, 0.1) is 5.92 Å². The Balaban J connectivity index is 2.09. The summed E-state index contributed by atoms with van der Waals surface area (Å²) >= 11 is 0. The number of primary amides is 1. The summed E-state index contributed by atoms with van der Waals surface area (Å²) in [5, 5.41) is 0. The van der Waals surface area contributed by atoms with E-state index < -0.39 is 11.9 Å². The number of hydrogen-bond donors (Lipinski definition) is 1. The molecule has 0 aliphatic carbocycles. The first kappa shape index (κ1) is 14.6. The first-order valence-electron chi connectivity index (χ1n) is 7.24.